The van der Waals surface area contributed by atoms with Crippen LogP contribution in [0.2, 0.25) is 0 Å². The number of hydrogen-bond acceptors (Lipinski definition) is 1. The maximum absolute atomic E-state index is 5.04. The van der Waals surface area contributed by atoms with Crippen molar-refractivity contribution in [3.63, 3.8) is 0 Å². The second-order valence-corrected chi connectivity index (χ2v) is 7.63. The quantitative estimate of drug-likeness (QED) is 0.403. The minimum atomic E-state index is 0.767. The van der Waals surface area contributed by atoms with Crippen LogP contribution in [0.1, 0.15) is 27.8 Å². The van der Waals surface area contributed by atoms with Crippen LogP contribution >= 0.6 is 0 Å². The second-order valence-electron chi connectivity index (χ2n) is 7.63. The molecule has 0 bridgehead atoms. The van der Waals surface area contributed by atoms with Crippen molar-refractivity contribution in [2.24, 2.45) is 0 Å². The Morgan fingerprint density at radius 1 is 0.679 bits per heavy atom. The molecule has 0 saturated heterocycles. The first-order valence-corrected chi connectivity index (χ1v) is 9.79. The monoisotopic (exact) mass is 366 g/mol. The van der Waals surface area contributed by atoms with Gasteiger partial charge in [0.1, 0.15) is 0 Å². The second kappa shape index (κ2) is 7.47. The third-order valence-corrected chi connectivity index (χ3v) is 5.45. The van der Waals surface area contributed by atoms with E-state index in [-0.39, 0.29) is 0 Å². The molecule has 2 nitrogen and oxygen atoms in total. The molecule has 0 aliphatic heterocycles. The van der Waals surface area contributed by atoms with E-state index < -0.39 is 0 Å². The van der Waals surface area contributed by atoms with Crippen LogP contribution in [0.4, 0.5) is 0 Å². The summed E-state index contributed by atoms with van der Waals surface area (Å²) in [6.07, 6.45) is 0. The Hall–Kier alpha value is -3.13. The van der Waals surface area contributed by atoms with Crippen molar-refractivity contribution in [2.75, 3.05) is 0 Å². The van der Waals surface area contributed by atoms with E-state index in [9.17, 15) is 0 Å². The Morgan fingerprint density at radius 2 is 1.32 bits per heavy atom. The Balaban J connectivity index is 1.87. The lowest BCUT2D eigenvalue weighted by Gasteiger charge is -2.12. The van der Waals surface area contributed by atoms with E-state index in [1.807, 2.05) is 0 Å². The molecule has 3 aromatic carbocycles. The highest BCUT2D eigenvalue weighted by molar-refractivity contribution is 5.72. The largest absolute Gasteiger partial charge is 0.260 e. The van der Waals surface area contributed by atoms with Gasteiger partial charge in [-0.3, -0.25) is 4.68 Å². The maximum atomic E-state index is 5.04. The summed E-state index contributed by atoms with van der Waals surface area (Å²) in [5, 5.41) is 5.04. The van der Waals surface area contributed by atoms with Crippen molar-refractivity contribution >= 4 is 0 Å². The van der Waals surface area contributed by atoms with Crippen molar-refractivity contribution in [3.05, 3.63) is 101 Å². The number of benzene rings is 3. The maximum Gasteiger partial charge on any atom is 0.0932 e. The first-order chi connectivity index (χ1) is 13.5. The van der Waals surface area contributed by atoms with Crippen LogP contribution in [0.15, 0.2) is 72.8 Å². The van der Waals surface area contributed by atoms with E-state index in [1.54, 1.807) is 0 Å². The van der Waals surface area contributed by atoms with Crippen LogP contribution in [0, 0.1) is 27.7 Å². The molecule has 0 radical (unpaired) electrons. The number of aryl methyl sites for hydroxylation is 4. The van der Waals surface area contributed by atoms with Gasteiger partial charge in [0.25, 0.3) is 0 Å². The lowest BCUT2D eigenvalue weighted by atomic mass is 10.0. The average Bonchev–Trinajstić information content (AvgIpc) is 3.09. The molecule has 0 aliphatic carbocycles. The minimum absolute atomic E-state index is 0.767. The molecule has 140 valence electrons. The fourth-order valence-corrected chi connectivity index (χ4v) is 3.74. The Morgan fingerprint density at radius 3 is 2.00 bits per heavy atom. The van der Waals surface area contributed by atoms with Crippen LogP contribution in [-0.2, 0) is 6.54 Å². The molecule has 0 amide bonds. The molecule has 0 atom stereocenters. The predicted octanol–water partition coefficient (Wildman–Crippen LogP) is 6.50. The molecule has 0 spiro atoms. The SMILES string of the molecule is Cc1ccc(C)c(Cn2nc(-c3ccccc3C)cc2-c2ccccc2C)c1. The molecular formula is C26H26N2. The molecule has 0 N–H and O–H groups in total. The summed E-state index contributed by atoms with van der Waals surface area (Å²) >= 11 is 0. The van der Waals surface area contributed by atoms with Crippen LogP contribution in [0.5, 0.6) is 0 Å². The molecule has 0 unspecified atom stereocenters. The zero-order valence-corrected chi connectivity index (χ0v) is 17.0. The topological polar surface area (TPSA) is 17.8 Å². The number of nitrogens with zero attached hydrogens (tertiary/aromatic N) is 2. The zero-order chi connectivity index (χ0) is 19.7. The van der Waals surface area contributed by atoms with Gasteiger partial charge in [-0.2, -0.15) is 5.10 Å². The van der Waals surface area contributed by atoms with Gasteiger partial charge in [-0.05, 0) is 56.0 Å². The standard InChI is InChI=1S/C26H26N2/c1-18-13-14-19(2)22(15-18)17-28-26(24-12-8-6-10-21(24)4)16-25(27-28)23-11-7-5-9-20(23)3/h5-16H,17H2,1-4H3. The lowest BCUT2D eigenvalue weighted by molar-refractivity contribution is 0.693. The van der Waals surface area contributed by atoms with Crippen LogP contribution in [0.25, 0.3) is 22.5 Å². The first-order valence-electron chi connectivity index (χ1n) is 9.79. The van der Waals surface area contributed by atoms with Gasteiger partial charge in [0.05, 0.1) is 17.9 Å². The van der Waals surface area contributed by atoms with Gasteiger partial charge in [-0.25, -0.2) is 0 Å². The summed E-state index contributed by atoms with van der Waals surface area (Å²) in [4.78, 5) is 0. The van der Waals surface area contributed by atoms with E-state index in [0.29, 0.717) is 0 Å². The molecule has 4 aromatic rings. The molecule has 28 heavy (non-hydrogen) atoms. The normalized spacial score (nSPS) is 11.0. The van der Waals surface area contributed by atoms with E-state index in [4.69, 9.17) is 5.10 Å². The van der Waals surface area contributed by atoms with Crippen molar-refractivity contribution < 1.29 is 0 Å². The Bertz CT molecular complexity index is 1130. The van der Waals surface area contributed by atoms with Gasteiger partial charge in [0, 0.05) is 11.1 Å². The molecule has 0 saturated carbocycles. The van der Waals surface area contributed by atoms with E-state index in [1.165, 1.54) is 38.9 Å². The van der Waals surface area contributed by atoms with Gasteiger partial charge < -0.3 is 0 Å². The van der Waals surface area contributed by atoms with Gasteiger partial charge in [-0.15, -0.1) is 0 Å². The minimum Gasteiger partial charge on any atom is -0.260 e. The van der Waals surface area contributed by atoms with Gasteiger partial charge >= 0.3 is 0 Å². The molecule has 0 aliphatic rings. The Kier molecular flexibility index (Phi) is 4.87. The zero-order valence-electron chi connectivity index (χ0n) is 17.0. The summed E-state index contributed by atoms with van der Waals surface area (Å²) in [6, 6.07) is 25.9. The van der Waals surface area contributed by atoms with E-state index >= 15 is 0 Å². The predicted molar refractivity (Wildman–Crippen MR) is 118 cm³/mol. The van der Waals surface area contributed by atoms with Crippen molar-refractivity contribution in [2.45, 2.75) is 34.2 Å². The van der Waals surface area contributed by atoms with Gasteiger partial charge in [-0.1, -0.05) is 72.3 Å². The fourth-order valence-electron chi connectivity index (χ4n) is 3.74. The molecule has 4 rings (SSSR count). The van der Waals surface area contributed by atoms with Gasteiger partial charge in [0.2, 0.25) is 0 Å². The van der Waals surface area contributed by atoms with Crippen LogP contribution < -0.4 is 0 Å². The summed E-state index contributed by atoms with van der Waals surface area (Å²) in [5.74, 6) is 0. The highest BCUT2D eigenvalue weighted by atomic mass is 15.3. The highest BCUT2D eigenvalue weighted by Crippen LogP contribution is 2.30. The molecule has 1 aromatic heterocycles. The fraction of sp³-hybridized carbons (Fsp3) is 0.192. The summed E-state index contributed by atoms with van der Waals surface area (Å²) in [7, 11) is 0. The van der Waals surface area contributed by atoms with Crippen LogP contribution in [0.3, 0.4) is 0 Å². The molecule has 2 heteroatoms. The third kappa shape index (κ3) is 3.50. The first kappa shape index (κ1) is 18.2. The van der Waals surface area contributed by atoms with E-state index in [0.717, 1.165) is 17.9 Å². The average molecular weight is 367 g/mol. The number of hydrogen-bond donors (Lipinski definition) is 0. The summed E-state index contributed by atoms with van der Waals surface area (Å²) < 4.78 is 2.16. The van der Waals surface area contributed by atoms with Crippen LogP contribution in [-0.4, -0.2) is 9.78 Å². The molecule has 0 fully saturated rings. The summed E-state index contributed by atoms with van der Waals surface area (Å²) in [6.45, 7) is 9.40. The van der Waals surface area contributed by atoms with E-state index in [2.05, 4.69) is 105 Å². The third-order valence-electron chi connectivity index (χ3n) is 5.45. The van der Waals surface area contributed by atoms with Crippen molar-refractivity contribution in [3.8, 4) is 22.5 Å². The number of aromatic nitrogens is 2. The molecular weight excluding hydrogens is 340 g/mol. The lowest BCUT2D eigenvalue weighted by Crippen LogP contribution is -2.06. The highest BCUT2D eigenvalue weighted by Gasteiger charge is 2.15. The summed E-state index contributed by atoms with van der Waals surface area (Å²) in [5.41, 5.74) is 11.0. The van der Waals surface area contributed by atoms with Gasteiger partial charge in [0.15, 0.2) is 0 Å². The smallest absolute Gasteiger partial charge is 0.0932 e. The van der Waals surface area contributed by atoms with Crippen molar-refractivity contribution in [1.29, 1.82) is 0 Å². The Labute approximate surface area is 167 Å². The number of rotatable bonds is 4. The van der Waals surface area contributed by atoms with Crippen molar-refractivity contribution in [1.82, 2.24) is 9.78 Å². The molecule has 1 heterocycles.